The maximum atomic E-state index is 7.16. The van der Waals surface area contributed by atoms with Gasteiger partial charge in [-0.1, -0.05) is 124 Å². The van der Waals surface area contributed by atoms with Crippen LogP contribution in [0, 0.1) is 0 Å². The van der Waals surface area contributed by atoms with Gasteiger partial charge in [-0.05, 0) is 123 Å². The smallest absolute Gasteiger partial charge is 0.252 e. The summed E-state index contributed by atoms with van der Waals surface area (Å²) in [6, 6.07) is 39.7. The fourth-order valence-corrected chi connectivity index (χ4v) is 12.8. The summed E-state index contributed by atoms with van der Waals surface area (Å²) >= 11 is 0. The molecule has 4 aliphatic carbocycles. The predicted molar refractivity (Wildman–Crippen MR) is 229 cm³/mol. The molecule has 2 nitrogen and oxygen atoms in total. The molecular weight excluding hydrogens is 652 g/mol. The summed E-state index contributed by atoms with van der Waals surface area (Å²) in [6.07, 6.45) is 7.66. The number of benzene rings is 6. The van der Waals surface area contributed by atoms with Crippen LogP contribution in [0.25, 0.3) is 49.4 Å². The molecule has 0 atom stereocenters. The molecule has 0 radical (unpaired) electrons. The molecule has 0 spiro atoms. The highest BCUT2D eigenvalue weighted by atomic mass is 16.3. The van der Waals surface area contributed by atoms with Crippen molar-refractivity contribution in [2.24, 2.45) is 0 Å². The molecule has 54 heavy (non-hydrogen) atoms. The van der Waals surface area contributed by atoms with E-state index < -0.39 is 0 Å². The number of hydrogen-bond donors (Lipinski definition) is 0. The zero-order valence-corrected chi connectivity index (χ0v) is 31.7. The van der Waals surface area contributed by atoms with Crippen molar-refractivity contribution >= 4 is 89.9 Å². The van der Waals surface area contributed by atoms with Crippen LogP contribution in [0.4, 0.5) is 0 Å². The quantitative estimate of drug-likeness (QED) is 0.166. The van der Waals surface area contributed by atoms with E-state index in [4.69, 9.17) is 4.42 Å². The molecule has 1 saturated carbocycles. The molecule has 1 fully saturated rings. The van der Waals surface area contributed by atoms with E-state index in [9.17, 15) is 0 Å². The van der Waals surface area contributed by atoms with E-state index in [2.05, 4.69) is 135 Å². The number of nitrogens with zero attached hydrogens (tertiary/aromatic N) is 1. The van der Waals surface area contributed by atoms with Crippen molar-refractivity contribution < 1.29 is 4.42 Å². The standard InChI is InChI=1S/C50H43B2NO/c1-49(2)23-24-50(3,4)41-37(49)26-35-34-25-33-28-19-21-29(22-20-28)40(33)42-45(34)53-46(35)43(41)51(30-13-7-5-8-14-30)38-27-36-32-17-11-12-18-39(32)54-48(36)44(47(38)53)52(42)31-15-9-6-10-16-31/h5-18,25-29H,19-24H2,1-4H3. The van der Waals surface area contributed by atoms with Gasteiger partial charge in [0.25, 0.3) is 6.71 Å². The van der Waals surface area contributed by atoms with Crippen molar-refractivity contribution in [2.45, 2.75) is 88.9 Å². The molecule has 260 valence electrons. The Labute approximate surface area is 317 Å². The lowest BCUT2D eigenvalue weighted by molar-refractivity contribution is 0.334. The van der Waals surface area contributed by atoms with Crippen LogP contribution < -0.4 is 32.8 Å². The number of hydrogen-bond acceptors (Lipinski definition) is 1. The van der Waals surface area contributed by atoms with Crippen molar-refractivity contribution in [2.75, 3.05) is 0 Å². The van der Waals surface area contributed by atoms with E-state index in [-0.39, 0.29) is 24.3 Å². The zero-order chi connectivity index (χ0) is 35.8. The molecule has 0 N–H and O–H groups in total. The van der Waals surface area contributed by atoms with Gasteiger partial charge in [-0.2, -0.15) is 0 Å². The highest BCUT2D eigenvalue weighted by molar-refractivity contribution is 7.03. The van der Waals surface area contributed by atoms with Crippen LogP contribution in [0.15, 0.2) is 108 Å². The summed E-state index contributed by atoms with van der Waals surface area (Å²) in [5, 5.41) is 5.41. The Morgan fingerprint density at radius 2 is 1.22 bits per heavy atom. The normalized spacial score (nSPS) is 21.1. The van der Waals surface area contributed by atoms with Crippen LogP contribution in [0.5, 0.6) is 0 Å². The Hall–Kier alpha value is -4.95. The largest absolute Gasteiger partial charge is 0.457 e. The summed E-state index contributed by atoms with van der Waals surface area (Å²) in [5.74, 6) is 1.26. The molecule has 14 rings (SSSR count). The minimum atomic E-state index is 0.0489. The molecule has 0 amide bonds. The highest BCUT2D eigenvalue weighted by Gasteiger charge is 2.50. The van der Waals surface area contributed by atoms with Gasteiger partial charge in [-0.25, -0.2) is 0 Å². The van der Waals surface area contributed by atoms with E-state index in [1.807, 2.05) is 0 Å². The molecular formula is C50H43B2NO. The third kappa shape index (κ3) is 3.58. The zero-order valence-electron chi connectivity index (χ0n) is 31.7. The van der Waals surface area contributed by atoms with Crippen molar-refractivity contribution in [3.05, 3.63) is 125 Å². The molecule has 0 unspecified atom stereocenters. The maximum absolute atomic E-state index is 7.16. The summed E-state index contributed by atoms with van der Waals surface area (Å²) in [5.41, 5.74) is 21.7. The van der Waals surface area contributed by atoms with Crippen LogP contribution in [0.1, 0.15) is 100 Å². The monoisotopic (exact) mass is 695 g/mol. The van der Waals surface area contributed by atoms with Crippen molar-refractivity contribution in [3.8, 4) is 5.69 Å². The average Bonchev–Trinajstić information content (AvgIpc) is 3.74. The fraction of sp³-hybridized carbons (Fsp3) is 0.280. The summed E-state index contributed by atoms with van der Waals surface area (Å²) < 4.78 is 9.97. The Morgan fingerprint density at radius 3 is 1.98 bits per heavy atom. The Kier molecular flexibility index (Phi) is 5.64. The molecule has 6 aliphatic rings. The second kappa shape index (κ2) is 10.0. The number of furan rings is 1. The third-order valence-corrected chi connectivity index (χ3v) is 15.2. The highest BCUT2D eigenvalue weighted by Crippen LogP contribution is 2.53. The van der Waals surface area contributed by atoms with Gasteiger partial charge >= 0.3 is 0 Å². The second-order valence-corrected chi connectivity index (χ2v) is 18.8. The van der Waals surface area contributed by atoms with E-state index >= 15 is 0 Å². The first-order valence-corrected chi connectivity index (χ1v) is 20.6. The van der Waals surface area contributed by atoms with Crippen molar-refractivity contribution in [1.29, 1.82) is 0 Å². The number of para-hydroxylation sites is 1. The van der Waals surface area contributed by atoms with Crippen LogP contribution in [0.3, 0.4) is 0 Å². The summed E-state index contributed by atoms with van der Waals surface area (Å²) in [7, 11) is 0. The van der Waals surface area contributed by atoms with Gasteiger partial charge in [0.1, 0.15) is 11.2 Å². The van der Waals surface area contributed by atoms with E-state index in [0.29, 0.717) is 11.8 Å². The van der Waals surface area contributed by atoms with Gasteiger partial charge in [0, 0.05) is 38.3 Å². The molecule has 0 saturated heterocycles. The molecule has 4 heterocycles. The van der Waals surface area contributed by atoms with Crippen molar-refractivity contribution in [3.63, 3.8) is 0 Å². The fourth-order valence-electron chi connectivity index (χ4n) is 12.8. The minimum Gasteiger partial charge on any atom is -0.457 e. The SMILES string of the molecule is CC1(C)CCC(C)(C)c2c1cc1c3cc4c(c5c3n3c1c2B(c1ccccc1)c1cc2c(oc6ccccc62)c(c1-3)B5c1ccccc1)C1CCC4CC1. The van der Waals surface area contributed by atoms with Crippen LogP contribution in [0.2, 0.25) is 0 Å². The average molecular weight is 696 g/mol. The first-order chi connectivity index (χ1) is 26.3. The van der Waals surface area contributed by atoms with Gasteiger partial charge in [0.15, 0.2) is 0 Å². The number of aromatic nitrogens is 1. The Balaban J connectivity index is 1.35. The van der Waals surface area contributed by atoms with Gasteiger partial charge in [-0.15, -0.1) is 0 Å². The Morgan fingerprint density at radius 1 is 0.593 bits per heavy atom. The third-order valence-electron chi connectivity index (χ3n) is 15.2. The molecule has 2 aliphatic heterocycles. The predicted octanol–water partition coefficient (Wildman–Crippen LogP) is 8.45. The Bertz CT molecular complexity index is 2960. The molecule has 2 bridgehead atoms. The van der Waals surface area contributed by atoms with E-state index in [0.717, 1.165) is 11.2 Å². The summed E-state index contributed by atoms with van der Waals surface area (Å²) in [6.45, 7) is 10.3. The first kappa shape index (κ1) is 30.4. The first-order valence-electron chi connectivity index (χ1n) is 20.6. The van der Waals surface area contributed by atoms with Gasteiger partial charge in [-0.3, -0.25) is 0 Å². The minimum absolute atomic E-state index is 0.0489. The molecule has 2 aromatic heterocycles. The van der Waals surface area contributed by atoms with Crippen molar-refractivity contribution in [1.82, 2.24) is 4.57 Å². The number of rotatable bonds is 2. The van der Waals surface area contributed by atoms with E-state index in [1.54, 1.807) is 33.2 Å². The van der Waals surface area contributed by atoms with Gasteiger partial charge in [0.2, 0.25) is 6.71 Å². The van der Waals surface area contributed by atoms with Crippen LogP contribution >= 0.6 is 0 Å². The van der Waals surface area contributed by atoms with Crippen LogP contribution in [-0.4, -0.2) is 18.0 Å². The lowest BCUT2D eigenvalue weighted by atomic mass is 9.29. The maximum Gasteiger partial charge on any atom is 0.252 e. The van der Waals surface area contributed by atoms with Gasteiger partial charge < -0.3 is 8.98 Å². The number of fused-ring (bicyclic) bond motifs is 9. The van der Waals surface area contributed by atoms with Crippen LogP contribution in [-0.2, 0) is 10.8 Å². The molecule has 6 aromatic carbocycles. The molecule has 4 heteroatoms. The lowest BCUT2D eigenvalue weighted by Gasteiger charge is -2.46. The lowest BCUT2D eigenvalue weighted by Crippen LogP contribution is -2.65. The second-order valence-electron chi connectivity index (χ2n) is 18.8. The van der Waals surface area contributed by atoms with E-state index in [1.165, 1.54) is 98.6 Å². The van der Waals surface area contributed by atoms with Gasteiger partial charge in [0.05, 0.1) is 0 Å². The topological polar surface area (TPSA) is 18.1 Å². The summed E-state index contributed by atoms with van der Waals surface area (Å²) in [4.78, 5) is 0. The molecule has 8 aromatic rings.